The molecule has 0 spiro atoms. The van der Waals surface area contributed by atoms with Crippen molar-refractivity contribution >= 4 is 23.5 Å². The Labute approximate surface area is 115 Å². The lowest BCUT2D eigenvalue weighted by atomic mass is 9.76. The second kappa shape index (κ2) is 5.09. The van der Waals surface area contributed by atoms with Gasteiger partial charge in [0.2, 0.25) is 0 Å². The van der Waals surface area contributed by atoms with Crippen LogP contribution in [0.15, 0.2) is 18.2 Å². The van der Waals surface area contributed by atoms with E-state index in [0.29, 0.717) is 29.2 Å². The third-order valence-corrected chi connectivity index (χ3v) is 3.69. The number of halogens is 1. The maximum atomic E-state index is 12.1. The largest absolute Gasteiger partial charge is 0.495 e. The minimum atomic E-state index is -1.12. The number of carbonyl (C=O) groups excluding carboxylic acids is 1. The maximum Gasteiger partial charge on any atom is 0.329 e. The van der Waals surface area contributed by atoms with E-state index in [2.05, 4.69) is 5.32 Å². The van der Waals surface area contributed by atoms with Crippen molar-refractivity contribution in [2.75, 3.05) is 7.11 Å². The van der Waals surface area contributed by atoms with Crippen molar-refractivity contribution in [3.05, 3.63) is 28.8 Å². The van der Waals surface area contributed by atoms with Gasteiger partial charge in [0.25, 0.3) is 5.91 Å². The molecule has 0 radical (unpaired) electrons. The maximum absolute atomic E-state index is 12.1. The zero-order chi connectivity index (χ0) is 14.0. The Kier molecular flexibility index (Phi) is 3.66. The molecule has 0 bridgehead atoms. The van der Waals surface area contributed by atoms with Crippen LogP contribution >= 0.6 is 11.6 Å². The number of hydrogen-bond acceptors (Lipinski definition) is 3. The number of nitrogens with one attached hydrogen (secondary N) is 1. The number of rotatable bonds is 4. The van der Waals surface area contributed by atoms with Gasteiger partial charge in [0.05, 0.1) is 12.1 Å². The summed E-state index contributed by atoms with van der Waals surface area (Å²) in [5, 5.41) is 12.1. The first-order valence-electron chi connectivity index (χ1n) is 5.88. The van der Waals surface area contributed by atoms with Gasteiger partial charge >= 0.3 is 5.97 Å². The molecule has 1 aromatic rings. The average Bonchev–Trinajstić information content (AvgIpc) is 2.33. The molecule has 1 fully saturated rings. The van der Waals surface area contributed by atoms with Crippen molar-refractivity contribution in [1.29, 1.82) is 0 Å². The predicted octanol–water partition coefficient (Wildman–Crippen LogP) is 2.09. The molecule has 1 amide bonds. The number of ether oxygens (including phenoxy) is 1. The van der Waals surface area contributed by atoms with Gasteiger partial charge in [-0.05, 0) is 37.5 Å². The summed E-state index contributed by atoms with van der Waals surface area (Å²) in [6.45, 7) is 0. The molecule has 0 atom stereocenters. The van der Waals surface area contributed by atoms with Crippen LogP contribution < -0.4 is 10.1 Å². The van der Waals surface area contributed by atoms with Gasteiger partial charge in [-0.3, -0.25) is 4.79 Å². The van der Waals surface area contributed by atoms with Gasteiger partial charge in [0, 0.05) is 5.56 Å². The molecule has 0 unspecified atom stereocenters. The van der Waals surface area contributed by atoms with Gasteiger partial charge in [-0.2, -0.15) is 0 Å². The molecule has 5 nitrogen and oxygen atoms in total. The summed E-state index contributed by atoms with van der Waals surface area (Å²) in [5.74, 6) is -1.04. The number of carbonyl (C=O) groups is 2. The quantitative estimate of drug-likeness (QED) is 0.887. The normalized spacial score (nSPS) is 16.3. The van der Waals surface area contributed by atoms with E-state index in [1.807, 2.05) is 0 Å². The fraction of sp³-hybridized carbons (Fsp3) is 0.385. The third kappa shape index (κ3) is 2.51. The first kappa shape index (κ1) is 13.7. The topological polar surface area (TPSA) is 75.6 Å². The molecule has 19 heavy (non-hydrogen) atoms. The molecular weight excluding hydrogens is 270 g/mol. The lowest BCUT2D eigenvalue weighted by Crippen LogP contribution is -2.59. The average molecular weight is 284 g/mol. The molecule has 0 aliphatic heterocycles. The number of carboxylic acid groups (broad SMARTS) is 1. The van der Waals surface area contributed by atoms with Gasteiger partial charge in [0.1, 0.15) is 11.3 Å². The van der Waals surface area contributed by atoms with Crippen molar-refractivity contribution < 1.29 is 19.4 Å². The van der Waals surface area contributed by atoms with E-state index < -0.39 is 17.4 Å². The van der Waals surface area contributed by atoms with Crippen LogP contribution in [0.4, 0.5) is 0 Å². The Balaban J connectivity index is 2.18. The molecule has 0 aromatic heterocycles. The summed E-state index contributed by atoms with van der Waals surface area (Å²) >= 11 is 5.87. The standard InChI is InChI=1S/C13H14ClNO4/c1-19-10-7-8(3-4-9(10)14)11(16)15-13(12(17)18)5-2-6-13/h3-4,7H,2,5-6H2,1H3,(H,15,16)(H,17,18). The van der Waals surface area contributed by atoms with E-state index in [-0.39, 0.29) is 0 Å². The Bertz CT molecular complexity index is 525. The van der Waals surface area contributed by atoms with Crippen molar-refractivity contribution in [1.82, 2.24) is 5.32 Å². The molecule has 1 aliphatic carbocycles. The van der Waals surface area contributed by atoms with Crippen LogP contribution in [0.5, 0.6) is 5.75 Å². The molecule has 1 aromatic carbocycles. The van der Waals surface area contributed by atoms with Crippen molar-refractivity contribution in [2.24, 2.45) is 0 Å². The van der Waals surface area contributed by atoms with Crippen molar-refractivity contribution in [3.63, 3.8) is 0 Å². The summed E-state index contributed by atoms with van der Waals surface area (Å²) in [4.78, 5) is 23.3. The van der Waals surface area contributed by atoms with E-state index in [0.717, 1.165) is 6.42 Å². The fourth-order valence-electron chi connectivity index (χ4n) is 2.01. The minimum Gasteiger partial charge on any atom is -0.495 e. The minimum absolute atomic E-state index is 0.328. The summed E-state index contributed by atoms with van der Waals surface area (Å²) in [6, 6.07) is 4.57. The van der Waals surface area contributed by atoms with Crippen LogP contribution in [0.3, 0.4) is 0 Å². The predicted molar refractivity (Wildman–Crippen MR) is 69.7 cm³/mol. The van der Waals surface area contributed by atoms with E-state index in [4.69, 9.17) is 21.4 Å². The number of carboxylic acids is 1. The highest BCUT2D eigenvalue weighted by atomic mass is 35.5. The zero-order valence-electron chi connectivity index (χ0n) is 10.4. The van der Waals surface area contributed by atoms with Gasteiger partial charge < -0.3 is 15.2 Å². The highest BCUT2D eigenvalue weighted by Gasteiger charge is 2.45. The molecule has 2 N–H and O–H groups in total. The molecule has 0 saturated heterocycles. The summed E-state index contributed by atoms with van der Waals surface area (Å²) < 4.78 is 5.03. The molecular formula is C13H14ClNO4. The molecule has 102 valence electrons. The van der Waals surface area contributed by atoms with E-state index in [1.165, 1.54) is 19.2 Å². The Morgan fingerprint density at radius 2 is 2.11 bits per heavy atom. The molecule has 0 heterocycles. The fourth-order valence-corrected chi connectivity index (χ4v) is 2.21. The Hall–Kier alpha value is -1.75. The van der Waals surface area contributed by atoms with Gasteiger partial charge in [0.15, 0.2) is 0 Å². The number of hydrogen-bond donors (Lipinski definition) is 2. The second-order valence-electron chi connectivity index (χ2n) is 4.54. The first-order valence-corrected chi connectivity index (χ1v) is 6.26. The van der Waals surface area contributed by atoms with Gasteiger partial charge in [-0.25, -0.2) is 4.79 Å². The first-order chi connectivity index (χ1) is 8.98. The summed E-state index contributed by atoms with van der Waals surface area (Å²) in [6.07, 6.45) is 1.72. The number of methoxy groups -OCH3 is 1. The lowest BCUT2D eigenvalue weighted by molar-refractivity contribution is -0.148. The van der Waals surface area contributed by atoms with Crippen LogP contribution in [0.1, 0.15) is 29.6 Å². The highest BCUT2D eigenvalue weighted by molar-refractivity contribution is 6.32. The molecule has 1 aliphatic rings. The van der Waals surface area contributed by atoms with Crippen LogP contribution in [-0.2, 0) is 4.79 Å². The summed E-state index contributed by atoms with van der Waals surface area (Å²) in [5.41, 5.74) is -0.794. The monoisotopic (exact) mass is 283 g/mol. The number of amides is 1. The lowest BCUT2D eigenvalue weighted by Gasteiger charge is -2.38. The van der Waals surface area contributed by atoms with Crippen molar-refractivity contribution in [2.45, 2.75) is 24.8 Å². The Morgan fingerprint density at radius 3 is 2.58 bits per heavy atom. The number of aliphatic carboxylic acids is 1. The van der Waals surface area contributed by atoms with E-state index in [9.17, 15) is 9.59 Å². The second-order valence-corrected chi connectivity index (χ2v) is 4.95. The van der Waals surface area contributed by atoms with Crippen LogP contribution in [0.2, 0.25) is 5.02 Å². The molecule has 2 rings (SSSR count). The van der Waals surface area contributed by atoms with E-state index >= 15 is 0 Å². The van der Waals surface area contributed by atoms with Crippen LogP contribution in [0.25, 0.3) is 0 Å². The van der Waals surface area contributed by atoms with Gasteiger partial charge in [-0.15, -0.1) is 0 Å². The molecule has 6 heteroatoms. The zero-order valence-corrected chi connectivity index (χ0v) is 11.2. The smallest absolute Gasteiger partial charge is 0.329 e. The summed E-state index contributed by atoms with van der Waals surface area (Å²) in [7, 11) is 1.45. The molecule has 1 saturated carbocycles. The SMILES string of the molecule is COc1cc(C(=O)NC2(C(=O)O)CCC2)ccc1Cl. The van der Waals surface area contributed by atoms with Crippen LogP contribution in [0, 0.1) is 0 Å². The van der Waals surface area contributed by atoms with Gasteiger partial charge in [-0.1, -0.05) is 11.6 Å². The van der Waals surface area contributed by atoms with E-state index in [1.54, 1.807) is 6.07 Å². The number of benzene rings is 1. The van der Waals surface area contributed by atoms with Crippen molar-refractivity contribution in [3.8, 4) is 5.75 Å². The third-order valence-electron chi connectivity index (χ3n) is 3.38. The van der Waals surface area contributed by atoms with Crippen LogP contribution in [-0.4, -0.2) is 29.6 Å². The Morgan fingerprint density at radius 1 is 1.42 bits per heavy atom. The highest BCUT2D eigenvalue weighted by Crippen LogP contribution is 2.33.